The number of carbonyl (C=O) groups is 2. The quantitative estimate of drug-likeness (QED) is 0.0733. The summed E-state index contributed by atoms with van der Waals surface area (Å²) in [4.78, 5) is 24.4. The van der Waals surface area contributed by atoms with Gasteiger partial charge in [0.05, 0.1) is 13.2 Å². The molecule has 3 rings (SSSR count). The number of benzene rings is 3. The molecule has 0 aromatic heterocycles. The molecule has 0 bridgehead atoms. The second kappa shape index (κ2) is 17.6. The van der Waals surface area contributed by atoms with Crippen molar-refractivity contribution in [3.05, 3.63) is 59.7 Å². The van der Waals surface area contributed by atoms with E-state index in [2.05, 4.69) is 90.1 Å². The summed E-state index contributed by atoms with van der Waals surface area (Å²) >= 11 is 0. The van der Waals surface area contributed by atoms with E-state index in [1.54, 1.807) is 0 Å². The van der Waals surface area contributed by atoms with Crippen LogP contribution >= 0.6 is 0 Å². The summed E-state index contributed by atoms with van der Waals surface area (Å²) in [5.74, 6) is -0.141. The maximum absolute atomic E-state index is 12.2. The van der Waals surface area contributed by atoms with Gasteiger partial charge < -0.3 is 9.47 Å². The smallest absolute Gasteiger partial charge is 0.305 e. The van der Waals surface area contributed by atoms with Gasteiger partial charge in [0.1, 0.15) is 0 Å². The Morgan fingerprint density at radius 2 is 0.932 bits per heavy atom. The van der Waals surface area contributed by atoms with Gasteiger partial charge in [0, 0.05) is 12.8 Å². The third kappa shape index (κ3) is 11.2. The highest BCUT2D eigenvalue weighted by atomic mass is 16.5. The molecule has 4 nitrogen and oxygen atoms in total. The third-order valence-corrected chi connectivity index (χ3v) is 9.25. The number of hydrogen-bond donors (Lipinski definition) is 0. The molecule has 0 fully saturated rings. The van der Waals surface area contributed by atoms with Gasteiger partial charge in [-0.3, -0.25) is 9.59 Å². The Bertz CT molecular complexity index is 1240. The first kappa shape index (κ1) is 35.6. The molecule has 242 valence electrons. The molecule has 0 N–H and O–H groups in total. The molecule has 44 heavy (non-hydrogen) atoms. The van der Waals surface area contributed by atoms with Crippen LogP contribution in [-0.2, 0) is 29.9 Å². The largest absolute Gasteiger partial charge is 0.466 e. The van der Waals surface area contributed by atoms with Gasteiger partial charge in [0.15, 0.2) is 0 Å². The zero-order valence-electron chi connectivity index (χ0n) is 28.6. The molecule has 0 radical (unpaired) electrons. The predicted molar refractivity (Wildman–Crippen MR) is 185 cm³/mol. The van der Waals surface area contributed by atoms with E-state index in [4.69, 9.17) is 9.47 Å². The molecule has 0 aliphatic carbocycles. The Labute approximate surface area is 267 Å². The molecule has 0 unspecified atom stereocenters. The van der Waals surface area contributed by atoms with Crippen LogP contribution in [0.1, 0.15) is 143 Å². The van der Waals surface area contributed by atoms with Crippen molar-refractivity contribution in [2.45, 2.75) is 142 Å². The minimum Gasteiger partial charge on any atom is -0.466 e. The number of rotatable bonds is 20. The molecule has 0 saturated carbocycles. The van der Waals surface area contributed by atoms with Crippen molar-refractivity contribution < 1.29 is 19.1 Å². The van der Waals surface area contributed by atoms with Crippen molar-refractivity contribution in [2.24, 2.45) is 0 Å². The van der Waals surface area contributed by atoms with Crippen molar-refractivity contribution >= 4 is 33.5 Å². The van der Waals surface area contributed by atoms with Crippen molar-refractivity contribution in [3.8, 4) is 0 Å². The van der Waals surface area contributed by atoms with Crippen LogP contribution in [0.4, 0.5) is 0 Å². The lowest BCUT2D eigenvalue weighted by Gasteiger charge is -2.26. The molecule has 0 amide bonds. The number of unbranched alkanes of at least 4 members (excludes halogenated alkanes) is 6. The van der Waals surface area contributed by atoms with E-state index >= 15 is 0 Å². The van der Waals surface area contributed by atoms with E-state index < -0.39 is 0 Å². The summed E-state index contributed by atoms with van der Waals surface area (Å²) in [6.45, 7) is 14.6. The Balaban J connectivity index is 1.60. The molecular weight excluding hydrogens is 544 g/mol. The monoisotopic (exact) mass is 602 g/mol. The topological polar surface area (TPSA) is 52.6 Å². The van der Waals surface area contributed by atoms with Gasteiger partial charge >= 0.3 is 11.9 Å². The van der Waals surface area contributed by atoms with Crippen LogP contribution in [0.2, 0.25) is 0 Å². The fourth-order valence-corrected chi connectivity index (χ4v) is 6.05. The molecule has 0 spiro atoms. The number of ether oxygens (including phenoxy) is 2. The number of fused-ring (bicyclic) bond motifs is 2. The summed E-state index contributed by atoms with van der Waals surface area (Å²) in [6.07, 6.45) is 13.4. The summed E-state index contributed by atoms with van der Waals surface area (Å²) in [5, 5.41) is 4.96. The Hall–Kier alpha value is -2.88. The Kier molecular flexibility index (Phi) is 14.2. The SMILES string of the molecule is CCCCCCOC(=O)CCCC(C)(C)c1ccc2cc3ccc(C(C)(C)CCCC(=O)OCCCCCC)cc3cc2c1. The van der Waals surface area contributed by atoms with E-state index in [-0.39, 0.29) is 22.8 Å². The first-order valence-corrected chi connectivity index (χ1v) is 17.4. The lowest BCUT2D eigenvalue weighted by molar-refractivity contribution is -0.144. The van der Waals surface area contributed by atoms with Crippen LogP contribution in [0.3, 0.4) is 0 Å². The second-order valence-corrected chi connectivity index (χ2v) is 14.0. The van der Waals surface area contributed by atoms with Crippen LogP contribution in [0, 0.1) is 0 Å². The Morgan fingerprint density at radius 1 is 0.523 bits per heavy atom. The summed E-state index contributed by atoms with van der Waals surface area (Å²) in [6, 6.07) is 18.2. The highest BCUT2D eigenvalue weighted by molar-refractivity contribution is 5.98. The van der Waals surface area contributed by atoms with Crippen LogP contribution in [-0.4, -0.2) is 25.2 Å². The van der Waals surface area contributed by atoms with Gasteiger partial charge in [-0.05, 0) is 94.2 Å². The molecule has 0 heterocycles. The van der Waals surface area contributed by atoms with Crippen LogP contribution < -0.4 is 0 Å². The number of esters is 2. The molecule has 0 aliphatic heterocycles. The second-order valence-electron chi connectivity index (χ2n) is 14.0. The summed E-state index contributed by atoms with van der Waals surface area (Å²) in [5.41, 5.74) is 2.52. The highest BCUT2D eigenvalue weighted by Crippen LogP contribution is 2.35. The third-order valence-electron chi connectivity index (χ3n) is 9.25. The maximum atomic E-state index is 12.2. The minimum atomic E-state index is -0.0706. The van der Waals surface area contributed by atoms with Crippen LogP contribution in [0.5, 0.6) is 0 Å². The first-order valence-electron chi connectivity index (χ1n) is 17.4. The van der Waals surface area contributed by atoms with Crippen molar-refractivity contribution in [1.29, 1.82) is 0 Å². The molecule has 0 aliphatic rings. The van der Waals surface area contributed by atoms with Gasteiger partial charge in [-0.1, -0.05) is 116 Å². The van der Waals surface area contributed by atoms with Crippen molar-refractivity contribution in [1.82, 2.24) is 0 Å². The average Bonchev–Trinajstić information content (AvgIpc) is 2.99. The highest BCUT2D eigenvalue weighted by Gasteiger charge is 2.23. The molecule has 0 atom stereocenters. The molecule has 3 aromatic rings. The van der Waals surface area contributed by atoms with Crippen molar-refractivity contribution in [2.75, 3.05) is 13.2 Å². The zero-order chi connectivity index (χ0) is 32.0. The average molecular weight is 603 g/mol. The predicted octanol–water partition coefficient (Wildman–Crippen LogP) is 11.1. The van der Waals surface area contributed by atoms with Gasteiger partial charge in [0.25, 0.3) is 0 Å². The van der Waals surface area contributed by atoms with Gasteiger partial charge in [-0.2, -0.15) is 0 Å². The first-order chi connectivity index (χ1) is 21.1. The maximum Gasteiger partial charge on any atom is 0.305 e. The van der Waals surface area contributed by atoms with E-state index in [0.29, 0.717) is 26.1 Å². The van der Waals surface area contributed by atoms with Gasteiger partial charge in [-0.25, -0.2) is 0 Å². The lowest BCUT2D eigenvalue weighted by Crippen LogP contribution is -2.18. The lowest BCUT2D eigenvalue weighted by atomic mass is 9.78. The molecule has 0 saturated heterocycles. The normalized spacial score (nSPS) is 12.1. The van der Waals surface area contributed by atoms with E-state index in [0.717, 1.165) is 51.4 Å². The number of carbonyl (C=O) groups excluding carboxylic acids is 2. The molecule has 3 aromatic carbocycles. The van der Waals surface area contributed by atoms with E-state index in [9.17, 15) is 9.59 Å². The summed E-state index contributed by atoms with van der Waals surface area (Å²) < 4.78 is 10.9. The van der Waals surface area contributed by atoms with E-state index in [1.165, 1.54) is 58.4 Å². The van der Waals surface area contributed by atoms with Crippen molar-refractivity contribution in [3.63, 3.8) is 0 Å². The molecule has 4 heteroatoms. The number of hydrogen-bond acceptors (Lipinski definition) is 4. The van der Waals surface area contributed by atoms with E-state index in [1.807, 2.05) is 0 Å². The standard InChI is InChI=1S/C40H58O4/c1-7-9-11-13-25-43-37(41)17-15-23-39(3,4)35-21-19-31-27-32-20-22-36(30-34(32)28-33(31)29-35)40(5,6)24-16-18-38(42)44-26-14-12-10-8-2/h19-22,27-30H,7-18,23-26H2,1-6H3. The van der Waals surface area contributed by atoms with Gasteiger partial charge in [-0.15, -0.1) is 0 Å². The van der Waals surface area contributed by atoms with Crippen LogP contribution in [0.25, 0.3) is 21.5 Å². The molecular formula is C40H58O4. The Morgan fingerprint density at radius 3 is 1.34 bits per heavy atom. The fraction of sp³-hybridized carbons (Fsp3) is 0.600. The summed E-state index contributed by atoms with van der Waals surface area (Å²) in [7, 11) is 0. The van der Waals surface area contributed by atoms with Crippen LogP contribution in [0.15, 0.2) is 48.5 Å². The zero-order valence-corrected chi connectivity index (χ0v) is 28.6. The minimum absolute atomic E-state index is 0.0367. The fourth-order valence-electron chi connectivity index (χ4n) is 6.05. The van der Waals surface area contributed by atoms with Gasteiger partial charge in [0.2, 0.25) is 0 Å².